The zero-order valence-corrected chi connectivity index (χ0v) is 9.75. The Morgan fingerprint density at radius 1 is 1.24 bits per heavy atom. The molecule has 100 valence electrons. The maximum atomic E-state index is 11.9. The Bertz CT molecular complexity index is 276. The van der Waals surface area contributed by atoms with Crippen molar-refractivity contribution < 1.29 is 27.9 Å². The summed E-state index contributed by atoms with van der Waals surface area (Å²) in [5, 5.41) is 8.47. The van der Waals surface area contributed by atoms with Crippen molar-refractivity contribution in [2.75, 3.05) is 6.54 Å². The highest BCUT2D eigenvalue weighted by Gasteiger charge is 2.29. The summed E-state index contributed by atoms with van der Waals surface area (Å²) in [5.41, 5.74) is 0. The van der Waals surface area contributed by atoms with Crippen LogP contribution < -0.4 is 0 Å². The van der Waals surface area contributed by atoms with E-state index in [1.54, 1.807) is 13.8 Å². The van der Waals surface area contributed by atoms with E-state index in [1.807, 2.05) is 0 Å². The molecular formula is C10H16F3NO3. The normalized spacial score (nSPS) is 11.6. The summed E-state index contributed by atoms with van der Waals surface area (Å²) >= 11 is 0. The molecule has 0 aromatic carbocycles. The van der Waals surface area contributed by atoms with Gasteiger partial charge in [-0.1, -0.05) is 0 Å². The van der Waals surface area contributed by atoms with Gasteiger partial charge in [0.25, 0.3) is 0 Å². The van der Waals surface area contributed by atoms with Gasteiger partial charge in [-0.25, -0.2) is 0 Å². The van der Waals surface area contributed by atoms with E-state index in [-0.39, 0.29) is 19.0 Å². The first kappa shape index (κ1) is 15.7. The summed E-state index contributed by atoms with van der Waals surface area (Å²) in [6.45, 7) is 3.20. The third-order valence-electron chi connectivity index (χ3n) is 2.13. The van der Waals surface area contributed by atoms with Crippen LogP contribution in [0.1, 0.15) is 33.1 Å². The molecule has 0 unspecified atom stereocenters. The van der Waals surface area contributed by atoms with E-state index in [4.69, 9.17) is 5.11 Å². The second kappa shape index (κ2) is 6.46. The molecule has 0 aliphatic heterocycles. The lowest BCUT2D eigenvalue weighted by Crippen LogP contribution is -2.38. The number of alkyl halides is 3. The van der Waals surface area contributed by atoms with E-state index in [9.17, 15) is 22.8 Å². The monoisotopic (exact) mass is 255 g/mol. The minimum absolute atomic E-state index is 0.0658. The van der Waals surface area contributed by atoms with Crippen molar-refractivity contribution in [1.82, 2.24) is 4.90 Å². The van der Waals surface area contributed by atoms with Crippen molar-refractivity contribution in [3.63, 3.8) is 0 Å². The fourth-order valence-corrected chi connectivity index (χ4v) is 1.28. The molecule has 0 heterocycles. The first-order chi connectivity index (χ1) is 7.63. The number of nitrogens with zero attached hydrogens (tertiary/aromatic N) is 1. The fourth-order valence-electron chi connectivity index (χ4n) is 1.28. The van der Waals surface area contributed by atoms with Crippen LogP contribution in [0, 0.1) is 0 Å². The highest BCUT2D eigenvalue weighted by Crippen LogP contribution is 2.22. The van der Waals surface area contributed by atoms with Crippen molar-refractivity contribution in [3.8, 4) is 0 Å². The number of carbonyl (C=O) groups excluding carboxylic acids is 1. The Balaban J connectivity index is 4.30. The van der Waals surface area contributed by atoms with E-state index in [2.05, 4.69) is 0 Å². The van der Waals surface area contributed by atoms with Crippen molar-refractivity contribution in [1.29, 1.82) is 0 Å². The molecule has 17 heavy (non-hydrogen) atoms. The van der Waals surface area contributed by atoms with Gasteiger partial charge in [0.1, 0.15) is 0 Å². The maximum absolute atomic E-state index is 11.9. The van der Waals surface area contributed by atoms with Crippen LogP contribution in [0.5, 0.6) is 0 Å². The smallest absolute Gasteiger partial charge is 0.389 e. The van der Waals surface area contributed by atoms with Crippen LogP contribution in [-0.2, 0) is 9.59 Å². The van der Waals surface area contributed by atoms with E-state index in [1.165, 1.54) is 0 Å². The van der Waals surface area contributed by atoms with Gasteiger partial charge in [0, 0.05) is 19.0 Å². The molecule has 0 saturated heterocycles. The standard InChI is InChI=1S/C10H16F3NO3/c1-7(2)14(6-4-9(16)17)8(15)3-5-10(11,12)13/h7H,3-6H2,1-2H3,(H,16,17). The number of carboxylic acid groups (broad SMARTS) is 1. The lowest BCUT2D eigenvalue weighted by Gasteiger charge is -2.26. The molecule has 0 fully saturated rings. The number of halogens is 3. The average molecular weight is 255 g/mol. The second-order valence-corrected chi connectivity index (χ2v) is 3.94. The predicted molar refractivity (Wildman–Crippen MR) is 54.4 cm³/mol. The van der Waals surface area contributed by atoms with Gasteiger partial charge in [0.05, 0.1) is 12.8 Å². The lowest BCUT2D eigenvalue weighted by atomic mass is 10.2. The van der Waals surface area contributed by atoms with E-state index >= 15 is 0 Å². The first-order valence-electron chi connectivity index (χ1n) is 5.21. The Morgan fingerprint density at radius 2 is 1.76 bits per heavy atom. The number of hydrogen-bond donors (Lipinski definition) is 1. The zero-order valence-electron chi connectivity index (χ0n) is 9.75. The van der Waals surface area contributed by atoms with Crippen molar-refractivity contribution >= 4 is 11.9 Å². The van der Waals surface area contributed by atoms with E-state index in [0.717, 1.165) is 4.90 Å². The van der Waals surface area contributed by atoms with Gasteiger partial charge in [-0.15, -0.1) is 0 Å². The summed E-state index contributed by atoms with van der Waals surface area (Å²) < 4.78 is 35.8. The number of rotatable bonds is 6. The van der Waals surface area contributed by atoms with Gasteiger partial charge in [0.15, 0.2) is 0 Å². The fraction of sp³-hybridized carbons (Fsp3) is 0.800. The minimum atomic E-state index is -4.37. The summed E-state index contributed by atoms with van der Waals surface area (Å²) in [4.78, 5) is 23.0. The van der Waals surface area contributed by atoms with Gasteiger partial charge in [0.2, 0.25) is 5.91 Å². The summed E-state index contributed by atoms with van der Waals surface area (Å²) in [6.07, 6.45) is -6.45. The molecule has 0 atom stereocenters. The molecule has 0 aliphatic carbocycles. The van der Waals surface area contributed by atoms with Crippen molar-refractivity contribution in [3.05, 3.63) is 0 Å². The van der Waals surface area contributed by atoms with Gasteiger partial charge in [-0.05, 0) is 13.8 Å². The molecule has 0 spiro atoms. The number of aliphatic carboxylic acids is 1. The van der Waals surface area contributed by atoms with E-state index in [0.29, 0.717) is 0 Å². The van der Waals surface area contributed by atoms with E-state index < -0.39 is 30.9 Å². The summed E-state index contributed by atoms with van der Waals surface area (Å²) in [5.74, 6) is -1.75. The largest absolute Gasteiger partial charge is 0.481 e. The third-order valence-corrected chi connectivity index (χ3v) is 2.13. The molecular weight excluding hydrogens is 239 g/mol. The molecule has 1 amide bonds. The summed E-state index contributed by atoms with van der Waals surface area (Å²) in [6, 6.07) is -0.310. The Hall–Kier alpha value is -1.27. The Morgan fingerprint density at radius 3 is 2.12 bits per heavy atom. The highest BCUT2D eigenvalue weighted by atomic mass is 19.4. The molecule has 0 saturated carbocycles. The minimum Gasteiger partial charge on any atom is -0.481 e. The number of hydrogen-bond acceptors (Lipinski definition) is 2. The topological polar surface area (TPSA) is 57.6 Å². The molecule has 4 nitrogen and oxygen atoms in total. The SMILES string of the molecule is CC(C)N(CCC(=O)O)C(=O)CCC(F)(F)F. The second-order valence-electron chi connectivity index (χ2n) is 3.94. The Kier molecular flexibility index (Phi) is 5.98. The number of carboxylic acids is 1. The number of carbonyl (C=O) groups is 2. The van der Waals surface area contributed by atoms with Crippen LogP contribution in [0.15, 0.2) is 0 Å². The maximum Gasteiger partial charge on any atom is 0.389 e. The zero-order chi connectivity index (χ0) is 13.6. The van der Waals surface area contributed by atoms with Gasteiger partial charge in [-0.3, -0.25) is 9.59 Å². The molecule has 1 N–H and O–H groups in total. The van der Waals surface area contributed by atoms with Crippen molar-refractivity contribution in [2.45, 2.75) is 45.3 Å². The predicted octanol–water partition coefficient (Wildman–Crippen LogP) is 2.04. The first-order valence-corrected chi connectivity index (χ1v) is 5.21. The summed E-state index contributed by atoms with van der Waals surface area (Å²) in [7, 11) is 0. The molecule has 0 rings (SSSR count). The highest BCUT2D eigenvalue weighted by molar-refractivity contribution is 5.77. The van der Waals surface area contributed by atoms with Crippen LogP contribution in [0.3, 0.4) is 0 Å². The number of amides is 1. The van der Waals surface area contributed by atoms with Crippen LogP contribution in [-0.4, -0.2) is 40.6 Å². The molecule has 0 aliphatic rings. The lowest BCUT2D eigenvalue weighted by molar-refractivity contribution is -0.150. The van der Waals surface area contributed by atoms with Gasteiger partial charge >= 0.3 is 12.1 Å². The van der Waals surface area contributed by atoms with Crippen LogP contribution in [0.2, 0.25) is 0 Å². The average Bonchev–Trinajstić information content (AvgIpc) is 2.12. The molecule has 0 radical (unpaired) electrons. The van der Waals surface area contributed by atoms with Gasteiger partial charge in [-0.2, -0.15) is 13.2 Å². The molecule has 0 aromatic heterocycles. The Labute approximate surface area is 97.4 Å². The third kappa shape index (κ3) is 7.59. The molecule has 7 heteroatoms. The quantitative estimate of drug-likeness (QED) is 0.790. The van der Waals surface area contributed by atoms with Crippen LogP contribution in [0.4, 0.5) is 13.2 Å². The molecule has 0 bridgehead atoms. The van der Waals surface area contributed by atoms with Crippen LogP contribution >= 0.6 is 0 Å². The molecule has 0 aromatic rings. The van der Waals surface area contributed by atoms with Crippen LogP contribution in [0.25, 0.3) is 0 Å². The van der Waals surface area contributed by atoms with Gasteiger partial charge < -0.3 is 10.0 Å². The van der Waals surface area contributed by atoms with Crippen molar-refractivity contribution in [2.24, 2.45) is 0 Å².